The quantitative estimate of drug-likeness (QED) is 0.644. The van der Waals surface area contributed by atoms with Crippen LogP contribution in [0.5, 0.6) is 0 Å². The Balaban J connectivity index is 1.95. The molecular formula is C17H12S. The molecule has 0 aromatic heterocycles. The summed E-state index contributed by atoms with van der Waals surface area (Å²) in [6.45, 7) is 0. The third-order valence-electron chi connectivity index (χ3n) is 3.42. The molecule has 0 amide bonds. The Hall–Kier alpha value is -1.86. The van der Waals surface area contributed by atoms with Gasteiger partial charge in [-0.2, -0.15) is 0 Å². The number of hydrogen-bond acceptors (Lipinski definition) is 0. The van der Waals surface area contributed by atoms with E-state index in [0.29, 0.717) is 0 Å². The van der Waals surface area contributed by atoms with Crippen LogP contribution in [0.2, 0.25) is 0 Å². The standard InChI is InChI=1S/C17H12S/c1-2-8-15-13(5-1)6-3-10-17(15)18-12-11-14-7-4-9-16(14)18/h1-12H. The first-order valence-corrected chi connectivity index (χ1v) is 7.37. The Morgan fingerprint density at radius 1 is 0.833 bits per heavy atom. The summed E-state index contributed by atoms with van der Waals surface area (Å²) in [4.78, 5) is 2.90. The summed E-state index contributed by atoms with van der Waals surface area (Å²) in [7, 11) is 0.110. The van der Waals surface area contributed by atoms with E-state index in [1.807, 2.05) is 0 Å². The van der Waals surface area contributed by atoms with Crippen LogP contribution in [-0.2, 0) is 0 Å². The van der Waals surface area contributed by atoms with Gasteiger partial charge in [-0.15, -0.1) is 10.5 Å². The Morgan fingerprint density at radius 2 is 1.72 bits per heavy atom. The zero-order chi connectivity index (χ0) is 11.9. The largest absolute Gasteiger partial charge is 0.122 e. The summed E-state index contributed by atoms with van der Waals surface area (Å²) in [6.07, 6.45) is 8.85. The molecule has 86 valence electrons. The average molecular weight is 248 g/mol. The maximum absolute atomic E-state index is 2.34. The van der Waals surface area contributed by atoms with Gasteiger partial charge in [0, 0.05) is 9.80 Å². The number of fused-ring (bicyclic) bond motifs is 2. The highest BCUT2D eigenvalue weighted by Crippen LogP contribution is 2.46. The van der Waals surface area contributed by atoms with E-state index >= 15 is 0 Å². The normalized spacial score (nSPS) is 20.6. The lowest BCUT2D eigenvalue weighted by atomic mass is 10.1. The van der Waals surface area contributed by atoms with Gasteiger partial charge in [0.05, 0.1) is 0 Å². The first-order valence-electron chi connectivity index (χ1n) is 6.08. The lowest BCUT2D eigenvalue weighted by molar-refractivity contribution is 1.54. The van der Waals surface area contributed by atoms with E-state index in [9.17, 15) is 0 Å². The number of hydrogen-bond donors (Lipinski definition) is 0. The summed E-state index contributed by atoms with van der Waals surface area (Å²) in [5.41, 5.74) is 1.38. The second kappa shape index (κ2) is 3.82. The third-order valence-corrected chi connectivity index (χ3v) is 5.50. The summed E-state index contributed by atoms with van der Waals surface area (Å²) in [5.74, 6) is 0. The molecule has 0 bridgehead atoms. The maximum Gasteiger partial charge on any atom is 0.0141 e. The van der Waals surface area contributed by atoms with Crippen LogP contribution in [0.4, 0.5) is 0 Å². The number of allylic oxidation sites excluding steroid dienone is 5. The zero-order valence-electron chi connectivity index (χ0n) is 9.84. The first-order chi connectivity index (χ1) is 8.93. The van der Waals surface area contributed by atoms with E-state index in [1.165, 1.54) is 26.1 Å². The van der Waals surface area contributed by atoms with Crippen LogP contribution < -0.4 is 0 Å². The van der Waals surface area contributed by atoms with Crippen LogP contribution in [0.3, 0.4) is 0 Å². The Kier molecular flexibility index (Phi) is 2.14. The fourth-order valence-electron chi connectivity index (χ4n) is 2.55. The molecule has 2 aromatic carbocycles. The lowest BCUT2D eigenvalue weighted by Crippen LogP contribution is -1.81. The summed E-state index contributed by atoms with van der Waals surface area (Å²) < 4.78 is 0. The molecule has 1 heteroatoms. The number of benzene rings is 2. The van der Waals surface area contributed by atoms with Gasteiger partial charge in [-0.1, -0.05) is 48.6 Å². The molecule has 1 aliphatic heterocycles. The average Bonchev–Trinajstić information content (AvgIpc) is 3.01. The molecule has 1 unspecified atom stereocenters. The van der Waals surface area contributed by atoms with E-state index in [1.54, 1.807) is 0 Å². The molecule has 0 saturated carbocycles. The molecule has 0 nitrogen and oxygen atoms in total. The zero-order valence-corrected chi connectivity index (χ0v) is 10.7. The fourth-order valence-corrected chi connectivity index (χ4v) is 4.63. The van der Waals surface area contributed by atoms with Gasteiger partial charge >= 0.3 is 0 Å². The van der Waals surface area contributed by atoms with Crippen molar-refractivity contribution >= 4 is 26.6 Å². The molecule has 0 fully saturated rings. The molecule has 0 radical (unpaired) electrons. The predicted octanol–water partition coefficient (Wildman–Crippen LogP) is 4.66. The minimum atomic E-state index is 0.110. The molecule has 1 atom stereocenters. The fraction of sp³-hybridized carbons (Fsp3) is 0. The van der Waals surface area contributed by atoms with Crippen LogP contribution in [0.25, 0.3) is 10.8 Å². The van der Waals surface area contributed by atoms with E-state index in [4.69, 9.17) is 0 Å². The minimum absolute atomic E-state index is 0.110. The Bertz CT molecular complexity index is 768. The molecule has 1 heterocycles. The van der Waals surface area contributed by atoms with Crippen LogP contribution in [0.1, 0.15) is 0 Å². The van der Waals surface area contributed by atoms with Crippen LogP contribution in [0.15, 0.2) is 82.1 Å². The molecule has 4 rings (SSSR count). The van der Waals surface area contributed by atoms with E-state index in [0.717, 1.165) is 0 Å². The van der Waals surface area contributed by atoms with Gasteiger partial charge in [0.15, 0.2) is 0 Å². The highest BCUT2D eigenvalue weighted by Gasteiger charge is 2.17. The molecule has 1 aliphatic carbocycles. The van der Waals surface area contributed by atoms with Gasteiger partial charge in [-0.3, -0.25) is 0 Å². The van der Waals surface area contributed by atoms with Crippen molar-refractivity contribution in [3.8, 4) is 0 Å². The maximum atomic E-state index is 2.34. The summed E-state index contributed by atoms with van der Waals surface area (Å²) in [5, 5.41) is 5.05. The van der Waals surface area contributed by atoms with Gasteiger partial charge < -0.3 is 0 Å². The molecule has 18 heavy (non-hydrogen) atoms. The van der Waals surface area contributed by atoms with Gasteiger partial charge in [0.1, 0.15) is 0 Å². The van der Waals surface area contributed by atoms with Gasteiger partial charge in [-0.05, 0) is 39.9 Å². The third kappa shape index (κ3) is 1.37. The van der Waals surface area contributed by atoms with Gasteiger partial charge in [0.25, 0.3) is 0 Å². The van der Waals surface area contributed by atoms with Crippen LogP contribution >= 0.6 is 10.5 Å². The van der Waals surface area contributed by atoms with Gasteiger partial charge in [0.2, 0.25) is 0 Å². The SMILES string of the molecule is C1=CC2=CC=S(c3cccc4ccccc34)C2=C1. The molecule has 2 aliphatic rings. The first kappa shape index (κ1) is 10.1. The van der Waals surface area contributed by atoms with Crippen LogP contribution in [0, 0.1) is 0 Å². The second-order valence-corrected chi connectivity index (χ2v) is 6.29. The highest BCUT2D eigenvalue weighted by molar-refractivity contribution is 8.19. The summed E-state index contributed by atoms with van der Waals surface area (Å²) in [6, 6.07) is 15.3. The summed E-state index contributed by atoms with van der Waals surface area (Å²) >= 11 is 0. The van der Waals surface area contributed by atoms with Crippen molar-refractivity contribution in [2.75, 3.05) is 0 Å². The van der Waals surface area contributed by atoms with Crippen molar-refractivity contribution in [3.05, 3.63) is 77.2 Å². The van der Waals surface area contributed by atoms with E-state index in [-0.39, 0.29) is 10.5 Å². The van der Waals surface area contributed by atoms with E-state index in [2.05, 4.69) is 72.1 Å². The van der Waals surface area contributed by atoms with Crippen molar-refractivity contribution in [3.63, 3.8) is 0 Å². The number of rotatable bonds is 1. The topological polar surface area (TPSA) is 0 Å². The van der Waals surface area contributed by atoms with Crippen molar-refractivity contribution in [1.82, 2.24) is 0 Å². The lowest BCUT2D eigenvalue weighted by Gasteiger charge is -2.11. The Labute approximate surface area is 109 Å². The molecular weight excluding hydrogens is 236 g/mol. The van der Waals surface area contributed by atoms with Crippen molar-refractivity contribution in [2.24, 2.45) is 0 Å². The molecule has 0 N–H and O–H groups in total. The van der Waals surface area contributed by atoms with Crippen molar-refractivity contribution < 1.29 is 0 Å². The van der Waals surface area contributed by atoms with Crippen LogP contribution in [-0.4, -0.2) is 5.37 Å². The second-order valence-electron chi connectivity index (χ2n) is 4.46. The molecule has 2 aromatic rings. The molecule has 0 spiro atoms. The van der Waals surface area contributed by atoms with Crippen molar-refractivity contribution in [2.45, 2.75) is 4.90 Å². The predicted molar refractivity (Wildman–Crippen MR) is 81.2 cm³/mol. The molecule has 0 saturated heterocycles. The van der Waals surface area contributed by atoms with Gasteiger partial charge in [-0.25, -0.2) is 0 Å². The van der Waals surface area contributed by atoms with Crippen molar-refractivity contribution in [1.29, 1.82) is 0 Å². The minimum Gasteiger partial charge on any atom is -0.122 e. The van der Waals surface area contributed by atoms with E-state index < -0.39 is 0 Å². The smallest absolute Gasteiger partial charge is 0.0141 e. The Morgan fingerprint density at radius 3 is 2.72 bits per heavy atom. The monoisotopic (exact) mass is 248 g/mol. The highest BCUT2D eigenvalue weighted by atomic mass is 32.2.